The topological polar surface area (TPSA) is 26.0 Å². The molecule has 1 aromatic rings. The second-order valence-electron chi connectivity index (χ2n) is 4.14. The van der Waals surface area contributed by atoms with Crippen LogP contribution < -0.4 is 5.73 Å². The highest BCUT2D eigenvalue weighted by Gasteiger charge is 2.12. The Morgan fingerprint density at radius 2 is 2.07 bits per heavy atom. The molecule has 0 saturated heterocycles. The second kappa shape index (κ2) is 5.29. The molecule has 1 nitrogen and oxygen atoms in total. The number of thiophene rings is 1. The van der Waals surface area contributed by atoms with Crippen LogP contribution in [0.15, 0.2) is 9.85 Å². The fraction of sp³-hybridized carbons (Fsp3) is 0.636. The Morgan fingerprint density at radius 1 is 1.43 bits per heavy atom. The molecule has 14 heavy (non-hydrogen) atoms. The van der Waals surface area contributed by atoms with Crippen LogP contribution in [-0.4, -0.2) is 0 Å². The van der Waals surface area contributed by atoms with Gasteiger partial charge >= 0.3 is 0 Å². The van der Waals surface area contributed by atoms with E-state index >= 15 is 0 Å². The van der Waals surface area contributed by atoms with E-state index in [4.69, 9.17) is 5.73 Å². The molecule has 80 valence electrons. The van der Waals surface area contributed by atoms with Crippen molar-refractivity contribution in [1.82, 2.24) is 0 Å². The van der Waals surface area contributed by atoms with Crippen LogP contribution in [0.2, 0.25) is 0 Å². The predicted molar refractivity (Wildman–Crippen MR) is 67.8 cm³/mol. The van der Waals surface area contributed by atoms with Crippen LogP contribution in [0.1, 0.15) is 43.2 Å². The number of rotatable bonds is 4. The smallest absolute Gasteiger partial charge is 0.0704 e. The molecule has 1 atom stereocenters. The molecule has 1 rings (SSSR count). The molecule has 3 heteroatoms. The molecular weight excluding hydrogens is 258 g/mol. The highest BCUT2D eigenvalue weighted by Crippen LogP contribution is 2.31. The molecule has 0 aliphatic rings. The largest absolute Gasteiger partial charge is 0.324 e. The zero-order valence-electron chi connectivity index (χ0n) is 9.01. The second-order valence-corrected chi connectivity index (χ2v) is 6.78. The lowest BCUT2D eigenvalue weighted by molar-refractivity contribution is 0.507. The van der Waals surface area contributed by atoms with E-state index in [0.717, 1.165) is 12.3 Å². The first kappa shape index (κ1) is 12.2. The van der Waals surface area contributed by atoms with E-state index in [2.05, 4.69) is 42.8 Å². The molecule has 0 aromatic carbocycles. The summed E-state index contributed by atoms with van der Waals surface area (Å²) < 4.78 is 1.19. The monoisotopic (exact) mass is 275 g/mol. The van der Waals surface area contributed by atoms with Crippen molar-refractivity contribution in [2.75, 3.05) is 0 Å². The van der Waals surface area contributed by atoms with Crippen molar-refractivity contribution in [3.63, 3.8) is 0 Å². The summed E-state index contributed by atoms with van der Waals surface area (Å²) in [5.41, 5.74) is 7.45. The number of hydrogen-bond donors (Lipinski definition) is 1. The molecule has 0 bridgehead atoms. The average molecular weight is 276 g/mol. The number of hydrogen-bond acceptors (Lipinski definition) is 2. The Balaban J connectivity index is 2.60. The van der Waals surface area contributed by atoms with E-state index in [0.29, 0.717) is 0 Å². The van der Waals surface area contributed by atoms with Crippen LogP contribution in [0, 0.1) is 12.8 Å². The summed E-state index contributed by atoms with van der Waals surface area (Å²) in [5, 5.41) is 0. The molecular formula is C11H18BrNS. The molecule has 1 heterocycles. The molecule has 1 aromatic heterocycles. The van der Waals surface area contributed by atoms with Crippen LogP contribution >= 0.6 is 27.3 Å². The zero-order valence-corrected chi connectivity index (χ0v) is 11.4. The van der Waals surface area contributed by atoms with Gasteiger partial charge in [-0.1, -0.05) is 13.8 Å². The third-order valence-corrected chi connectivity index (χ3v) is 3.95. The molecule has 0 aliphatic carbocycles. The van der Waals surface area contributed by atoms with Crippen molar-refractivity contribution < 1.29 is 0 Å². The van der Waals surface area contributed by atoms with Gasteiger partial charge in [-0.15, -0.1) is 11.3 Å². The van der Waals surface area contributed by atoms with Gasteiger partial charge < -0.3 is 5.73 Å². The Labute approximate surface area is 98.8 Å². The zero-order chi connectivity index (χ0) is 10.7. The van der Waals surface area contributed by atoms with Crippen molar-refractivity contribution >= 4 is 27.3 Å². The van der Waals surface area contributed by atoms with Crippen molar-refractivity contribution in [2.45, 2.75) is 39.7 Å². The SMILES string of the molecule is Cc1sc(Br)cc1C(N)CCC(C)C. The van der Waals surface area contributed by atoms with Gasteiger partial charge in [-0.25, -0.2) is 0 Å². The van der Waals surface area contributed by atoms with Gasteiger partial charge in [0.25, 0.3) is 0 Å². The average Bonchev–Trinajstić information content (AvgIpc) is 2.41. The Morgan fingerprint density at radius 3 is 2.50 bits per heavy atom. The molecule has 0 amide bonds. The first-order valence-corrected chi connectivity index (χ1v) is 6.63. The van der Waals surface area contributed by atoms with Gasteiger partial charge in [0.05, 0.1) is 3.79 Å². The maximum absolute atomic E-state index is 6.14. The lowest BCUT2D eigenvalue weighted by Crippen LogP contribution is -2.11. The minimum absolute atomic E-state index is 0.208. The van der Waals surface area contributed by atoms with E-state index in [1.807, 2.05) is 0 Å². The van der Waals surface area contributed by atoms with Gasteiger partial charge in [0.1, 0.15) is 0 Å². The maximum atomic E-state index is 6.14. The van der Waals surface area contributed by atoms with Crippen LogP contribution in [0.4, 0.5) is 0 Å². The van der Waals surface area contributed by atoms with Gasteiger partial charge in [-0.2, -0.15) is 0 Å². The molecule has 0 radical (unpaired) electrons. The van der Waals surface area contributed by atoms with Crippen molar-refractivity contribution in [3.05, 3.63) is 20.3 Å². The number of halogens is 1. The molecule has 2 N–H and O–H groups in total. The fourth-order valence-electron chi connectivity index (χ4n) is 1.50. The Kier molecular flexibility index (Phi) is 4.61. The van der Waals surface area contributed by atoms with Crippen LogP contribution in [0.3, 0.4) is 0 Å². The summed E-state index contributed by atoms with van der Waals surface area (Å²) in [5.74, 6) is 0.739. The summed E-state index contributed by atoms with van der Waals surface area (Å²) >= 11 is 5.26. The van der Waals surface area contributed by atoms with Crippen LogP contribution in [-0.2, 0) is 0 Å². The Bertz CT molecular complexity index is 293. The summed E-state index contributed by atoms with van der Waals surface area (Å²) in [6, 6.07) is 2.37. The van der Waals surface area contributed by atoms with Gasteiger partial charge in [0, 0.05) is 10.9 Å². The maximum Gasteiger partial charge on any atom is 0.0704 e. The van der Waals surface area contributed by atoms with Gasteiger partial charge in [-0.3, -0.25) is 0 Å². The first-order chi connectivity index (χ1) is 6.50. The minimum atomic E-state index is 0.208. The minimum Gasteiger partial charge on any atom is -0.324 e. The lowest BCUT2D eigenvalue weighted by Gasteiger charge is -2.12. The van der Waals surface area contributed by atoms with E-state index in [9.17, 15) is 0 Å². The Hall–Kier alpha value is 0.140. The molecule has 0 fully saturated rings. The lowest BCUT2D eigenvalue weighted by atomic mass is 9.99. The molecule has 0 spiro atoms. The van der Waals surface area contributed by atoms with Crippen LogP contribution in [0.5, 0.6) is 0 Å². The van der Waals surface area contributed by atoms with E-state index < -0.39 is 0 Å². The number of nitrogens with two attached hydrogens (primary N) is 1. The van der Waals surface area contributed by atoms with Crippen molar-refractivity contribution in [1.29, 1.82) is 0 Å². The summed E-state index contributed by atoms with van der Waals surface area (Å²) in [6.45, 7) is 6.62. The summed E-state index contributed by atoms with van der Waals surface area (Å²) in [4.78, 5) is 1.34. The van der Waals surface area contributed by atoms with Gasteiger partial charge in [-0.05, 0) is 53.2 Å². The highest BCUT2D eigenvalue weighted by atomic mass is 79.9. The van der Waals surface area contributed by atoms with Crippen LogP contribution in [0.25, 0.3) is 0 Å². The standard InChI is InChI=1S/C11H18BrNS/c1-7(2)4-5-10(13)9-6-11(12)14-8(9)3/h6-7,10H,4-5,13H2,1-3H3. The van der Waals surface area contributed by atoms with E-state index in [1.165, 1.54) is 20.6 Å². The third kappa shape index (κ3) is 3.37. The first-order valence-electron chi connectivity index (χ1n) is 5.02. The molecule has 0 saturated carbocycles. The predicted octanol–water partition coefficient (Wildman–Crippen LogP) is 4.26. The number of aryl methyl sites for hydroxylation is 1. The third-order valence-electron chi connectivity index (χ3n) is 2.38. The fourth-order valence-corrected chi connectivity index (χ4v) is 3.28. The van der Waals surface area contributed by atoms with E-state index in [-0.39, 0.29) is 6.04 Å². The molecule has 1 unspecified atom stereocenters. The quantitative estimate of drug-likeness (QED) is 0.873. The van der Waals surface area contributed by atoms with E-state index in [1.54, 1.807) is 11.3 Å². The van der Waals surface area contributed by atoms with Crippen molar-refractivity contribution in [3.8, 4) is 0 Å². The van der Waals surface area contributed by atoms with Crippen molar-refractivity contribution in [2.24, 2.45) is 11.7 Å². The molecule has 0 aliphatic heterocycles. The summed E-state index contributed by atoms with van der Waals surface area (Å²) in [7, 11) is 0. The van der Waals surface area contributed by atoms with Gasteiger partial charge in [0.15, 0.2) is 0 Å². The normalized spacial score (nSPS) is 13.6. The highest BCUT2D eigenvalue weighted by molar-refractivity contribution is 9.11. The van der Waals surface area contributed by atoms with Gasteiger partial charge in [0.2, 0.25) is 0 Å². The summed E-state index contributed by atoms with van der Waals surface area (Å²) in [6.07, 6.45) is 2.29.